The molecule has 0 saturated heterocycles. The van der Waals surface area contributed by atoms with E-state index in [0.29, 0.717) is 22.6 Å². The number of amides is 1. The third-order valence-corrected chi connectivity index (χ3v) is 4.45. The van der Waals surface area contributed by atoms with Gasteiger partial charge in [0.2, 0.25) is 0 Å². The Morgan fingerprint density at radius 2 is 1.88 bits per heavy atom. The second-order valence-electron chi connectivity index (χ2n) is 6.07. The molecule has 5 nitrogen and oxygen atoms in total. The van der Waals surface area contributed by atoms with Gasteiger partial charge < -0.3 is 14.7 Å². The van der Waals surface area contributed by atoms with Crippen LogP contribution in [-0.2, 0) is 10.4 Å². The first kappa shape index (κ1) is 16.2. The molecule has 0 aliphatic carbocycles. The van der Waals surface area contributed by atoms with Crippen molar-refractivity contribution in [2.75, 3.05) is 19.1 Å². The number of benzene rings is 2. The molecule has 3 rings (SSSR count). The summed E-state index contributed by atoms with van der Waals surface area (Å²) in [4.78, 5) is 26.5. The zero-order valence-corrected chi connectivity index (χ0v) is 13.9. The average molecular weight is 325 g/mol. The molecule has 0 aromatic heterocycles. The highest BCUT2D eigenvalue weighted by Gasteiger charge is 2.49. The van der Waals surface area contributed by atoms with Crippen LogP contribution >= 0.6 is 0 Å². The number of hydrogen-bond donors (Lipinski definition) is 1. The lowest BCUT2D eigenvalue weighted by atomic mass is 9.87. The molecular weight excluding hydrogens is 306 g/mol. The van der Waals surface area contributed by atoms with E-state index in [1.807, 2.05) is 13.0 Å². The predicted molar refractivity (Wildman–Crippen MR) is 90.4 cm³/mol. The Labute approximate surface area is 140 Å². The van der Waals surface area contributed by atoms with E-state index >= 15 is 0 Å². The van der Waals surface area contributed by atoms with Crippen LogP contribution in [0, 0.1) is 6.92 Å². The topological polar surface area (TPSA) is 66.8 Å². The summed E-state index contributed by atoms with van der Waals surface area (Å²) in [6.07, 6.45) is -0.293. The van der Waals surface area contributed by atoms with Crippen LogP contribution in [0.5, 0.6) is 5.75 Å². The highest BCUT2D eigenvalue weighted by molar-refractivity contribution is 6.10. The van der Waals surface area contributed by atoms with Crippen molar-refractivity contribution < 1.29 is 19.4 Å². The largest absolute Gasteiger partial charge is 0.497 e. The molecule has 24 heavy (non-hydrogen) atoms. The van der Waals surface area contributed by atoms with E-state index < -0.39 is 11.5 Å². The van der Waals surface area contributed by atoms with Gasteiger partial charge in [-0.2, -0.15) is 0 Å². The molecule has 1 aliphatic rings. The van der Waals surface area contributed by atoms with Gasteiger partial charge in [-0.3, -0.25) is 9.59 Å². The summed E-state index contributed by atoms with van der Waals surface area (Å²) in [5.74, 6) is -0.135. The fraction of sp³-hybridized carbons (Fsp3) is 0.263. The van der Waals surface area contributed by atoms with Gasteiger partial charge in [-0.1, -0.05) is 17.7 Å². The third kappa shape index (κ3) is 2.47. The van der Waals surface area contributed by atoms with Gasteiger partial charge in [0.25, 0.3) is 5.91 Å². The van der Waals surface area contributed by atoms with Gasteiger partial charge >= 0.3 is 0 Å². The number of carbonyl (C=O) groups is 2. The fourth-order valence-electron chi connectivity index (χ4n) is 3.06. The van der Waals surface area contributed by atoms with E-state index in [4.69, 9.17) is 4.74 Å². The number of methoxy groups -OCH3 is 1. The zero-order chi connectivity index (χ0) is 17.5. The minimum absolute atomic E-state index is 0.293. The van der Waals surface area contributed by atoms with Crippen molar-refractivity contribution in [2.45, 2.75) is 18.9 Å². The molecule has 1 aliphatic heterocycles. The van der Waals surface area contributed by atoms with Gasteiger partial charge in [0, 0.05) is 18.2 Å². The van der Waals surface area contributed by atoms with Crippen LogP contribution in [0.25, 0.3) is 0 Å². The number of ether oxygens (including phenoxy) is 1. The molecule has 2 aromatic carbocycles. The van der Waals surface area contributed by atoms with Crippen LogP contribution in [-0.4, -0.2) is 31.0 Å². The van der Waals surface area contributed by atoms with Crippen LogP contribution in [0.4, 0.5) is 5.69 Å². The number of ketones is 1. The van der Waals surface area contributed by atoms with Crippen LogP contribution in [0.3, 0.4) is 0 Å². The lowest BCUT2D eigenvalue weighted by molar-refractivity contribution is -0.135. The number of carbonyl (C=O) groups excluding carboxylic acids is 2. The highest BCUT2D eigenvalue weighted by atomic mass is 16.5. The number of anilines is 1. The molecule has 0 saturated carbocycles. The molecule has 0 unspecified atom stereocenters. The maximum absolute atomic E-state index is 12.6. The number of Topliss-reactive ketones (excluding diaryl/α,β-unsaturated/α-hetero) is 1. The number of hydrogen-bond acceptors (Lipinski definition) is 4. The molecule has 1 amide bonds. The quantitative estimate of drug-likeness (QED) is 0.877. The molecular formula is C19H19NO4. The SMILES string of the molecule is COc1ccc(C(=O)C[C@@]2(O)C(=O)N(C)c3ccc(C)cc32)cc1. The number of likely N-dealkylation sites (N-methyl/N-ethyl adjacent to an activating group) is 1. The lowest BCUT2D eigenvalue weighted by Crippen LogP contribution is -2.40. The van der Waals surface area contributed by atoms with Crippen molar-refractivity contribution in [2.24, 2.45) is 0 Å². The Balaban J connectivity index is 1.95. The number of nitrogens with zero attached hydrogens (tertiary/aromatic N) is 1. The summed E-state index contributed by atoms with van der Waals surface area (Å²) in [5, 5.41) is 11.0. The maximum Gasteiger partial charge on any atom is 0.263 e. The Bertz CT molecular complexity index is 813. The van der Waals surface area contributed by atoms with Crippen LogP contribution < -0.4 is 9.64 Å². The van der Waals surface area contributed by atoms with E-state index in [2.05, 4.69) is 0 Å². The Hall–Kier alpha value is -2.66. The molecule has 1 N–H and O–H groups in total. The third-order valence-electron chi connectivity index (χ3n) is 4.45. The number of rotatable bonds is 4. The van der Waals surface area contributed by atoms with Crippen molar-refractivity contribution in [1.29, 1.82) is 0 Å². The zero-order valence-electron chi connectivity index (χ0n) is 13.9. The minimum atomic E-state index is -1.83. The van der Waals surface area contributed by atoms with Gasteiger partial charge in [0.15, 0.2) is 11.4 Å². The first-order valence-electron chi connectivity index (χ1n) is 7.66. The maximum atomic E-state index is 12.6. The van der Waals surface area contributed by atoms with E-state index in [1.165, 1.54) is 4.90 Å². The Morgan fingerprint density at radius 3 is 2.50 bits per heavy atom. The monoisotopic (exact) mass is 325 g/mol. The lowest BCUT2D eigenvalue weighted by Gasteiger charge is -2.21. The molecule has 0 bridgehead atoms. The van der Waals surface area contributed by atoms with Gasteiger partial charge in [0.05, 0.1) is 19.2 Å². The minimum Gasteiger partial charge on any atom is -0.497 e. The molecule has 1 heterocycles. The summed E-state index contributed by atoms with van der Waals surface area (Å²) in [5.41, 5.74) is 0.646. The van der Waals surface area contributed by atoms with Gasteiger partial charge in [-0.25, -0.2) is 0 Å². The molecule has 0 spiro atoms. The van der Waals surface area contributed by atoms with Crippen molar-refractivity contribution in [3.63, 3.8) is 0 Å². The second-order valence-corrected chi connectivity index (χ2v) is 6.07. The summed E-state index contributed by atoms with van der Waals surface area (Å²) in [7, 11) is 3.15. The summed E-state index contributed by atoms with van der Waals surface area (Å²) in [6.45, 7) is 1.88. The normalized spacial score (nSPS) is 19.3. The van der Waals surface area contributed by atoms with E-state index in [1.54, 1.807) is 50.6 Å². The summed E-state index contributed by atoms with van der Waals surface area (Å²) < 4.78 is 5.07. The Kier molecular flexibility index (Phi) is 3.89. The molecule has 1 atom stereocenters. The predicted octanol–water partition coefficient (Wildman–Crippen LogP) is 2.44. The van der Waals surface area contributed by atoms with Gasteiger partial charge in [-0.05, 0) is 37.3 Å². The fourth-order valence-corrected chi connectivity index (χ4v) is 3.06. The Morgan fingerprint density at radius 1 is 1.21 bits per heavy atom. The van der Waals surface area contributed by atoms with Crippen molar-refractivity contribution >= 4 is 17.4 Å². The highest BCUT2D eigenvalue weighted by Crippen LogP contribution is 2.42. The van der Waals surface area contributed by atoms with E-state index in [0.717, 1.165) is 5.56 Å². The summed E-state index contributed by atoms with van der Waals surface area (Å²) in [6, 6.07) is 12.0. The van der Waals surface area contributed by atoms with Gasteiger partial charge in [-0.15, -0.1) is 0 Å². The first-order valence-corrected chi connectivity index (χ1v) is 7.66. The molecule has 0 radical (unpaired) electrons. The van der Waals surface area contributed by atoms with Gasteiger partial charge in [0.1, 0.15) is 5.75 Å². The first-order chi connectivity index (χ1) is 11.4. The van der Waals surface area contributed by atoms with Crippen molar-refractivity contribution in [1.82, 2.24) is 0 Å². The van der Waals surface area contributed by atoms with Crippen molar-refractivity contribution in [3.8, 4) is 5.75 Å². The number of aryl methyl sites for hydroxylation is 1. The second kappa shape index (κ2) is 5.76. The van der Waals surface area contributed by atoms with E-state index in [-0.39, 0.29) is 12.2 Å². The van der Waals surface area contributed by atoms with Crippen LogP contribution in [0.15, 0.2) is 42.5 Å². The molecule has 2 aromatic rings. The van der Waals surface area contributed by atoms with E-state index in [9.17, 15) is 14.7 Å². The standard InChI is InChI=1S/C19H19NO4/c1-12-4-9-16-15(10-12)19(23,18(22)20(16)2)11-17(21)13-5-7-14(24-3)8-6-13/h4-10,23H,11H2,1-3H3/t19-/m0/s1. The average Bonchev–Trinajstić information content (AvgIpc) is 2.76. The molecule has 0 fully saturated rings. The number of aliphatic hydroxyl groups is 1. The van der Waals surface area contributed by atoms with Crippen LogP contribution in [0.1, 0.15) is 27.9 Å². The number of fused-ring (bicyclic) bond motifs is 1. The van der Waals surface area contributed by atoms with Crippen molar-refractivity contribution in [3.05, 3.63) is 59.2 Å². The smallest absolute Gasteiger partial charge is 0.263 e. The summed E-state index contributed by atoms with van der Waals surface area (Å²) >= 11 is 0. The molecule has 5 heteroatoms. The van der Waals surface area contributed by atoms with Crippen LogP contribution in [0.2, 0.25) is 0 Å². The molecule has 124 valence electrons.